The number of rotatable bonds is 10. The van der Waals surface area contributed by atoms with Gasteiger partial charge in [-0.3, -0.25) is 4.79 Å². The van der Waals surface area contributed by atoms with E-state index in [0.29, 0.717) is 45.0 Å². The zero-order chi connectivity index (χ0) is 16.3. The molecule has 0 radical (unpaired) electrons. The molecule has 1 aromatic carbocycles. The van der Waals surface area contributed by atoms with E-state index in [1.165, 1.54) is 0 Å². The van der Waals surface area contributed by atoms with E-state index in [1.54, 1.807) is 6.21 Å². The number of carboxylic acids is 1. The van der Waals surface area contributed by atoms with Crippen LogP contribution in [0, 0.1) is 0 Å². The van der Waals surface area contributed by atoms with Crippen LogP contribution in [0.5, 0.6) is 5.75 Å². The summed E-state index contributed by atoms with van der Waals surface area (Å²) < 4.78 is 16.3. The van der Waals surface area contributed by atoms with Crippen LogP contribution in [0.2, 0.25) is 0 Å². The summed E-state index contributed by atoms with van der Waals surface area (Å²) in [5.41, 5.74) is 0.788. The second-order valence-electron chi connectivity index (χ2n) is 4.94. The van der Waals surface area contributed by atoms with E-state index in [4.69, 9.17) is 24.2 Å². The minimum atomic E-state index is -0.796. The summed E-state index contributed by atoms with van der Waals surface area (Å²) in [5, 5.41) is 12.4. The van der Waals surface area contributed by atoms with Crippen molar-refractivity contribution in [3.63, 3.8) is 0 Å². The molecule has 1 aromatic rings. The highest BCUT2D eigenvalue weighted by atomic mass is 16.7. The molecular formula is C16H21NO6. The molecular weight excluding hydrogens is 302 g/mol. The van der Waals surface area contributed by atoms with Crippen molar-refractivity contribution in [2.45, 2.75) is 25.6 Å². The summed E-state index contributed by atoms with van der Waals surface area (Å²) in [4.78, 5) is 15.5. The van der Waals surface area contributed by atoms with Gasteiger partial charge in [0.15, 0.2) is 6.29 Å². The van der Waals surface area contributed by atoms with Crippen molar-refractivity contribution in [3.05, 3.63) is 29.8 Å². The minimum absolute atomic E-state index is 0.148. The molecule has 1 aliphatic rings. The number of hydrogen-bond acceptors (Lipinski definition) is 6. The van der Waals surface area contributed by atoms with E-state index in [1.807, 2.05) is 24.3 Å². The summed E-state index contributed by atoms with van der Waals surface area (Å²) in [6.45, 7) is 1.89. The Bertz CT molecular complexity index is 513. The first kappa shape index (κ1) is 17.2. The third-order valence-corrected chi connectivity index (χ3v) is 3.13. The van der Waals surface area contributed by atoms with Crippen LogP contribution in [0.25, 0.3) is 0 Å². The fraction of sp³-hybridized carbons (Fsp3) is 0.500. The number of carbonyl (C=O) groups is 1. The van der Waals surface area contributed by atoms with E-state index >= 15 is 0 Å². The normalized spacial score (nSPS) is 15.1. The van der Waals surface area contributed by atoms with E-state index in [2.05, 4.69) is 5.16 Å². The molecule has 0 unspecified atom stereocenters. The molecule has 0 amide bonds. The molecule has 1 aliphatic heterocycles. The Morgan fingerprint density at radius 2 is 2.09 bits per heavy atom. The van der Waals surface area contributed by atoms with Crippen LogP contribution < -0.4 is 4.74 Å². The van der Waals surface area contributed by atoms with Crippen LogP contribution in [0.4, 0.5) is 0 Å². The first-order valence-electron chi connectivity index (χ1n) is 7.58. The average Bonchev–Trinajstić information content (AvgIpc) is 3.06. The number of hydrogen-bond donors (Lipinski definition) is 1. The molecule has 0 bridgehead atoms. The number of benzene rings is 1. The number of aliphatic carboxylic acids is 1. The van der Waals surface area contributed by atoms with Crippen molar-refractivity contribution >= 4 is 12.2 Å². The van der Waals surface area contributed by atoms with E-state index < -0.39 is 5.97 Å². The summed E-state index contributed by atoms with van der Waals surface area (Å²) in [6.07, 6.45) is 2.62. The van der Waals surface area contributed by atoms with Gasteiger partial charge in [0.25, 0.3) is 0 Å². The van der Waals surface area contributed by atoms with Gasteiger partial charge in [-0.1, -0.05) is 17.3 Å². The van der Waals surface area contributed by atoms with Gasteiger partial charge in [0.1, 0.15) is 19.0 Å². The van der Waals surface area contributed by atoms with Crippen molar-refractivity contribution in [2.75, 3.05) is 26.4 Å². The second kappa shape index (κ2) is 9.81. The molecule has 2 rings (SSSR count). The lowest BCUT2D eigenvalue weighted by Crippen LogP contribution is -2.18. The number of nitrogens with zero attached hydrogens (tertiary/aromatic N) is 1. The highest BCUT2D eigenvalue weighted by molar-refractivity contribution is 5.83. The van der Waals surface area contributed by atoms with Crippen molar-refractivity contribution in [3.8, 4) is 5.75 Å². The highest BCUT2D eigenvalue weighted by Gasteiger charge is 2.16. The van der Waals surface area contributed by atoms with Crippen LogP contribution in [0.15, 0.2) is 29.4 Å². The van der Waals surface area contributed by atoms with E-state index in [0.717, 1.165) is 5.56 Å². The fourth-order valence-electron chi connectivity index (χ4n) is 1.97. The first-order valence-corrected chi connectivity index (χ1v) is 7.58. The van der Waals surface area contributed by atoms with Gasteiger partial charge in [0, 0.05) is 12.0 Å². The van der Waals surface area contributed by atoms with Gasteiger partial charge in [0.2, 0.25) is 0 Å². The molecule has 0 saturated carbocycles. The molecule has 126 valence electrons. The summed E-state index contributed by atoms with van der Waals surface area (Å²) in [5.74, 6) is -0.125. The molecule has 0 aromatic heterocycles. The van der Waals surface area contributed by atoms with Crippen molar-refractivity contribution in [1.29, 1.82) is 0 Å². The number of para-hydroxylation sites is 1. The Morgan fingerprint density at radius 1 is 1.30 bits per heavy atom. The third kappa shape index (κ3) is 6.66. The van der Waals surface area contributed by atoms with Gasteiger partial charge >= 0.3 is 5.97 Å². The lowest BCUT2D eigenvalue weighted by atomic mass is 10.2. The van der Waals surface area contributed by atoms with Gasteiger partial charge in [-0.2, -0.15) is 0 Å². The smallest absolute Gasteiger partial charge is 0.303 e. The summed E-state index contributed by atoms with van der Waals surface area (Å²) >= 11 is 0. The Labute approximate surface area is 134 Å². The third-order valence-electron chi connectivity index (χ3n) is 3.13. The molecule has 1 N–H and O–H groups in total. The number of carboxylic acid groups (broad SMARTS) is 1. The highest BCUT2D eigenvalue weighted by Crippen LogP contribution is 2.17. The molecule has 1 heterocycles. The Kier molecular flexibility index (Phi) is 7.35. The van der Waals surface area contributed by atoms with Gasteiger partial charge in [-0.15, -0.1) is 0 Å². The number of unbranched alkanes of at least 4 members (excludes halogenated alkanes) is 1. The maximum absolute atomic E-state index is 10.4. The number of ether oxygens (including phenoxy) is 3. The lowest BCUT2D eigenvalue weighted by Gasteiger charge is -2.12. The van der Waals surface area contributed by atoms with Gasteiger partial charge in [0.05, 0.1) is 19.4 Å². The van der Waals surface area contributed by atoms with Crippen LogP contribution in [-0.4, -0.2) is 50.0 Å². The van der Waals surface area contributed by atoms with Crippen LogP contribution >= 0.6 is 0 Å². The zero-order valence-corrected chi connectivity index (χ0v) is 12.8. The first-order chi connectivity index (χ1) is 11.3. The lowest BCUT2D eigenvalue weighted by molar-refractivity contribution is -0.137. The molecule has 0 spiro atoms. The topological polar surface area (TPSA) is 86.6 Å². The molecule has 1 saturated heterocycles. The molecule has 7 nitrogen and oxygen atoms in total. The van der Waals surface area contributed by atoms with Crippen molar-refractivity contribution in [1.82, 2.24) is 0 Å². The van der Waals surface area contributed by atoms with Gasteiger partial charge < -0.3 is 24.2 Å². The Hall–Kier alpha value is -2.12. The van der Waals surface area contributed by atoms with Crippen LogP contribution in [-0.2, 0) is 19.1 Å². The molecule has 23 heavy (non-hydrogen) atoms. The van der Waals surface area contributed by atoms with Crippen molar-refractivity contribution < 1.29 is 28.9 Å². The Morgan fingerprint density at radius 3 is 2.87 bits per heavy atom. The standard InChI is InChI=1S/C16H21NO6/c18-15(19)7-3-4-8-23-17-11-13-5-1-2-6-14(13)22-12-16-20-9-10-21-16/h1-2,5-6,11,16H,3-4,7-10,12H2,(H,18,19)/b17-11+. The van der Waals surface area contributed by atoms with Crippen LogP contribution in [0.3, 0.4) is 0 Å². The number of oxime groups is 1. The summed E-state index contributed by atoms with van der Waals surface area (Å²) in [6, 6.07) is 7.45. The SMILES string of the molecule is O=C(O)CCCCO/N=C/c1ccccc1OCC1OCCO1. The molecule has 7 heteroatoms. The maximum Gasteiger partial charge on any atom is 0.303 e. The minimum Gasteiger partial charge on any atom is -0.488 e. The maximum atomic E-state index is 10.4. The quantitative estimate of drug-likeness (QED) is 0.403. The van der Waals surface area contributed by atoms with Gasteiger partial charge in [-0.25, -0.2) is 0 Å². The average molecular weight is 323 g/mol. The predicted molar refractivity (Wildman–Crippen MR) is 82.7 cm³/mol. The molecule has 0 atom stereocenters. The predicted octanol–water partition coefficient (Wildman–Crippen LogP) is 2.04. The monoisotopic (exact) mass is 323 g/mol. The van der Waals surface area contributed by atoms with Crippen molar-refractivity contribution in [2.24, 2.45) is 5.16 Å². The van der Waals surface area contributed by atoms with Crippen LogP contribution in [0.1, 0.15) is 24.8 Å². The van der Waals surface area contributed by atoms with E-state index in [-0.39, 0.29) is 12.7 Å². The second-order valence-corrected chi connectivity index (χ2v) is 4.94. The molecule has 1 fully saturated rings. The fourth-order valence-corrected chi connectivity index (χ4v) is 1.97. The largest absolute Gasteiger partial charge is 0.488 e. The molecule has 0 aliphatic carbocycles. The Balaban J connectivity index is 1.73. The van der Waals surface area contributed by atoms with Gasteiger partial charge in [-0.05, 0) is 25.0 Å². The zero-order valence-electron chi connectivity index (χ0n) is 12.8. The van der Waals surface area contributed by atoms with E-state index in [9.17, 15) is 4.79 Å². The summed E-state index contributed by atoms with van der Waals surface area (Å²) in [7, 11) is 0.